The van der Waals surface area contributed by atoms with Crippen LogP contribution in [-0.2, 0) is 0 Å². The van der Waals surface area contributed by atoms with Crippen molar-refractivity contribution < 1.29 is 1.37 Å². The highest BCUT2D eigenvalue weighted by Gasteiger charge is 2.35. The van der Waals surface area contributed by atoms with Gasteiger partial charge in [-0.1, -0.05) is 27.7 Å². The van der Waals surface area contributed by atoms with Crippen molar-refractivity contribution in [3.8, 4) is 0 Å². The van der Waals surface area contributed by atoms with Crippen molar-refractivity contribution in [3.63, 3.8) is 0 Å². The van der Waals surface area contributed by atoms with E-state index in [0.29, 0.717) is 11.3 Å². The highest BCUT2D eigenvalue weighted by atomic mass is 14.4. The van der Waals surface area contributed by atoms with Gasteiger partial charge in [-0.15, -0.1) is 0 Å². The molecule has 0 heterocycles. The monoisotopic (exact) mass is 127 g/mol. The maximum atomic E-state index is 7.90. The van der Waals surface area contributed by atoms with Crippen molar-refractivity contribution in [2.75, 3.05) is 0 Å². The molecule has 0 aromatic rings. The van der Waals surface area contributed by atoms with E-state index in [4.69, 9.17) is 1.37 Å². The van der Waals surface area contributed by atoms with Crippen LogP contribution in [0.2, 0.25) is 0 Å². The van der Waals surface area contributed by atoms with Gasteiger partial charge in [-0.2, -0.15) is 0 Å². The molecule has 0 amide bonds. The Labute approximate surface area is 60.1 Å². The molecular formula is C9H18. The standard InChI is InChI=1S/C9H18/c1-7-5-8(7)6-9(2,3)4/h7-8H,5-6H2,1-4H3/t7-,8?/m0/s1/i8D. The van der Waals surface area contributed by atoms with Crippen LogP contribution in [0.5, 0.6) is 0 Å². The topological polar surface area (TPSA) is 0 Å². The predicted octanol–water partition coefficient (Wildman–Crippen LogP) is 3.08. The average molecular weight is 127 g/mol. The highest BCUT2D eigenvalue weighted by Crippen LogP contribution is 2.45. The zero-order chi connectivity index (χ0) is 7.99. The second kappa shape index (κ2) is 2.00. The van der Waals surface area contributed by atoms with Gasteiger partial charge >= 0.3 is 0 Å². The summed E-state index contributed by atoms with van der Waals surface area (Å²) in [6, 6.07) is 0. The molecule has 1 aliphatic carbocycles. The molecule has 2 atom stereocenters. The minimum absolute atomic E-state index is 0.0573. The van der Waals surface area contributed by atoms with E-state index in [1.54, 1.807) is 0 Å². The van der Waals surface area contributed by atoms with Crippen molar-refractivity contribution >= 4 is 0 Å². The molecule has 0 aromatic heterocycles. The van der Waals surface area contributed by atoms with Gasteiger partial charge in [0.05, 0.1) is 0 Å². The Morgan fingerprint density at radius 1 is 1.56 bits per heavy atom. The van der Waals surface area contributed by atoms with Crippen LogP contribution in [0.25, 0.3) is 0 Å². The lowest BCUT2D eigenvalue weighted by Crippen LogP contribution is -2.05. The zero-order valence-corrected chi connectivity index (χ0v) is 6.99. The smallest absolute Gasteiger partial charge is 0.0306 e. The fourth-order valence-corrected chi connectivity index (χ4v) is 1.26. The van der Waals surface area contributed by atoms with E-state index >= 15 is 0 Å². The molecule has 0 bridgehead atoms. The second-order valence-corrected chi connectivity index (χ2v) is 4.50. The highest BCUT2D eigenvalue weighted by molar-refractivity contribution is 4.85. The molecule has 0 N–H and O–H groups in total. The molecule has 0 aliphatic heterocycles. The van der Waals surface area contributed by atoms with E-state index in [1.165, 1.54) is 0 Å². The SMILES string of the molecule is [2H]C1(CC(C)(C)C)C[C@@H]1C. The van der Waals surface area contributed by atoms with Gasteiger partial charge in [0, 0.05) is 1.37 Å². The van der Waals surface area contributed by atoms with Crippen molar-refractivity contribution in [2.24, 2.45) is 17.2 Å². The lowest BCUT2D eigenvalue weighted by Gasteiger charge is -2.17. The third-order valence-electron chi connectivity index (χ3n) is 1.86. The minimum atomic E-state index is -0.0573. The van der Waals surface area contributed by atoms with E-state index in [2.05, 4.69) is 27.7 Å². The van der Waals surface area contributed by atoms with Gasteiger partial charge in [-0.05, 0) is 30.1 Å². The summed E-state index contributed by atoms with van der Waals surface area (Å²) in [6.07, 6.45) is 2.17. The third kappa shape index (κ3) is 2.38. The van der Waals surface area contributed by atoms with Gasteiger partial charge < -0.3 is 0 Å². The molecular weight excluding hydrogens is 108 g/mol. The lowest BCUT2D eigenvalue weighted by atomic mass is 9.89. The molecule has 0 spiro atoms. The molecule has 1 aliphatic rings. The minimum Gasteiger partial charge on any atom is -0.0622 e. The quantitative estimate of drug-likeness (QED) is 0.508. The summed E-state index contributed by atoms with van der Waals surface area (Å²) in [5.41, 5.74) is 0.340. The van der Waals surface area contributed by atoms with Crippen LogP contribution in [-0.4, -0.2) is 0 Å². The van der Waals surface area contributed by atoms with Gasteiger partial charge in [-0.3, -0.25) is 0 Å². The molecule has 1 unspecified atom stereocenters. The van der Waals surface area contributed by atoms with Gasteiger partial charge in [-0.25, -0.2) is 0 Å². The third-order valence-corrected chi connectivity index (χ3v) is 1.86. The Morgan fingerprint density at radius 3 is 2.11 bits per heavy atom. The van der Waals surface area contributed by atoms with Gasteiger partial charge in [0.2, 0.25) is 0 Å². The summed E-state index contributed by atoms with van der Waals surface area (Å²) in [5.74, 6) is 0.588. The second-order valence-electron chi connectivity index (χ2n) is 4.50. The Hall–Kier alpha value is 0. The summed E-state index contributed by atoms with van der Waals surface area (Å²) in [7, 11) is 0. The number of hydrogen-bond acceptors (Lipinski definition) is 0. The first-order valence-corrected chi connectivity index (χ1v) is 3.83. The normalized spacial score (nSPS) is 44.4. The lowest BCUT2D eigenvalue weighted by molar-refractivity contribution is 0.346. The van der Waals surface area contributed by atoms with Gasteiger partial charge in [0.25, 0.3) is 0 Å². The van der Waals surface area contributed by atoms with E-state index in [-0.39, 0.29) is 5.89 Å². The molecule has 1 saturated carbocycles. The molecule has 0 nitrogen and oxygen atoms in total. The first-order chi connectivity index (χ1) is 4.33. The zero-order valence-electron chi connectivity index (χ0n) is 7.99. The molecule has 0 radical (unpaired) electrons. The summed E-state index contributed by atoms with van der Waals surface area (Å²) < 4.78 is 7.90. The molecule has 1 rings (SSSR count). The van der Waals surface area contributed by atoms with Crippen LogP contribution in [0.4, 0.5) is 0 Å². The fourth-order valence-electron chi connectivity index (χ4n) is 1.26. The summed E-state index contributed by atoms with van der Waals surface area (Å²) in [5, 5.41) is 0. The Bertz CT molecular complexity index is 134. The summed E-state index contributed by atoms with van der Waals surface area (Å²) in [6.45, 7) is 8.83. The van der Waals surface area contributed by atoms with E-state index in [0.717, 1.165) is 12.8 Å². The van der Waals surface area contributed by atoms with Crippen molar-refractivity contribution in [1.82, 2.24) is 0 Å². The molecule has 0 heteroatoms. The van der Waals surface area contributed by atoms with Crippen molar-refractivity contribution in [3.05, 3.63) is 0 Å². The number of hydrogen-bond donors (Lipinski definition) is 0. The maximum absolute atomic E-state index is 7.90. The van der Waals surface area contributed by atoms with Crippen molar-refractivity contribution in [2.45, 2.75) is 40.5 Å². The number of rotatable bonds is 1. The maximum Gasteiger partial charge on any atom is 0.0306 e. The average Bonchev–Trinajstić information content (AvgIpc) is 2.05. The van der Waals surface area contributed by atoms with Crippen LogP contribution in [0, 0.1) is 17.2 Å². The largest absolute Gasteiger partial charge is 0.0622 e. The van der Waals surface area contributed by atoms with E-state index in [1.807, 2.05) is 0 Å². The predicted molar refractivity (Wildman–Crippen MR) is 41.3 cm³/mol. The molecule has 0 saturated heterocycles. The van der Waals surface area contributed by atoms with Crippen LogP contribution in [0.1, 0.15) is 41.9 Å². The van der Waals surface area contributed by atoms with Crippen LogP contribution >= 0.6 is 0 Å². The first kappa shape index (κ1) is 5.76. The fraction of sp³-hybridized carbons (Fsp3) is 1.00. The summed E-state index contributed by atoms with van der Waals surface area (Å²) in [4.78, 5) is 0. The molecule has 1 fully saturated rings. The van der Waals surface area contributed by atoms with E-state index < -0.39 is 0 Å². The Morgan fingerprint density at radius 2 is 2.00 bits per heavy atom. The Kier molecular flexibility index (Phi) is 1.28. The van der Waals surface area contributed by atoms with Crippen LogP contribution in [0.3, 0.4) is 0 Å². The molecule has 54 valence electrons. The van der Waals surface area contributed by atoms with Gasteiger partial charge in [0.15, 0.2) is 0 Å². The van der Waals surface area contributed by atoms with Crippen LogP contribution in [0.15, 0.2) is 0 Å². The van der Waals surface area contributed by atoms with E-state index in [9.17, 15) is 0 Å². The molecule has 9 heavy (non-hydrogen) atoms. The Balaban J connectivity index is 2.41. The van der Waals surface area contributed by atoms with Crippen molar-refractivity contribution in [1.29, 1.82) is 0 Å². The summed E-state index contributed by atoms with van der Waals surface area (Å²) >= 11 is 0. The molecule has 0 aromatic carbocycles. The first-order valence-electron chi connectivity index (χ1n) is 4.33. The van der Waals surface area contributed by atoms with Crippen LogP contribution < -0.4 is 0 Å². The van der Waals surface area contributed by atoms with Gasteiger partial charge in [0.1, 0.15) is 0 Å².